The molecule has 0 amide bonds. The number of carboxylic acid groups (broad SMARTS) is 2. The SMILES string of the molecule is CN1CC(=O)C[C@@H]2c3cccc4[nH]cc(c34)C[C@H]21.O=C(O)/C=C\C(=O)O. The Bertz CT molecular complexity index is 882. The fourth-order valence-corrected chi connectivity index (χ4v) is 3.89. The van der Waals surface area contributed by atoms with Gasteiger partial charge in [-0.1, -0.05) is 12.1 Å². The van der Waals surface area contributed by atoms with Crippen LogP contribution in [0.1, 0.15) is 23.5 Å². The van der Waals surface area contributed by atoms with Gasteiger partial charge < -0.3 is 15.2 Å². The van der Waals surface area contributed by atoms with Gasteiger partial charge in [0, 0.05) is 47.6 Å². The summed E-state index contributed by atoms with van der Waals surface area (Å²) in [5, 5.41) is 17.0. The van der Waals surface area contributed by atoms with Crippen molar-refractivity contribution in [1.29, 1.82) is 0 Å². The minimum absolute atomic E-state index is 0.370. The fraction of sp³-hybridized carbons (Fsp3) is 0.316. The lowest BCUT2D eigenvalue weighted by Crippen LogP contribution is -2.48. The highest BCUT2D eigenvalue weighted by atomic mass is 16.4. The molecule has 136 valence electrons. The molecule has 1 fully saturated rings. The molecule has 1 aliphatic heterocycles. The van der Waals surface area contributed by atoms with E-state index in [2.05, 4.69) is 41.3 Å². The number of hydrogen-bond acceptors (Lipinski definition) is 4. The molecule has 0 saturated carbocycles. The number of nitrogens with one attached hydrogen (secondary N) is 1. The van der Waals surface area contributed by atoms with E-state index in [-0.39, 0.29) is 0 Å². The monoisotopic (exact) mass is 356 g/mol. The highest BCUT2D eigenvalue weighted by Crippen LogP contribution is 2.41. The molecule has 7 heteroatoms. The first-order valence-corrected chi connectivity index (χ1v) is 8.31. The van der Waals surface area contributed by atoms with Gasteiger partial charge in [0.15, 0.2) is 0 Å². The molecule has 26 heavy (non-hydrogen) atoms. The summed E-state index contributed by atoms with van der Waals surface area (Å²) in [4.78, 5) is 36.5. The Morgan fingerprint density at radius 1 is 1.19 bits per heavy atom. The quantitative estimate of drug-likeness (QED) is 0.708. The van der Waals surface area contributed by atoms with Gasteiger partial charge in [-0.3, -0.25) is 9.69 Å². The van der Waals surface area contributed by atoms with E-state index in [9.17, 15) is 14.4 Å². The maximum Gasteiger partial charge on any atom is 0.328 e. The van der Waals surface area contributed by atoms with Gasteiger partial charge in [0.05, 0.1) is 6.54 Å². The number of piperidine rings is 1. The zero-order chi connectivity index (χ0) is 18.8. The van der Waals surface area contributed by atoms with Gasteiger partial charge in [0.25, 0.3) is 0 Å². The van der Waals surface area contributed by atoms with Gasteiger partial charge >= 0.3 is 11.9 Å². The first-order valence-electron chi connectivity index (χ1n) is 8.31. The Kier molecular flexibility index (Phi) is 4.90. The summed E-state index contributed by atoms with van der Waals surface area (Å²) in [7, 11) is 2.08. The average Bonchev–Trinajstić information content (AvgIpc) is 2.99. The number of carbonyl (C=O) groups is 3. The molecule has 2 aromatic rings. The summed E-state index contributed by atoms with van der Waals surface area (Å²) in [5.74, 6) is -1.77. The number of rotatable bonds is 2. The molecule has 3 N–H and O–H groups in total. The number of likely N-dealkylation sites (N-methyl/N-ethyl adjacent to an activating group) is 1. The zero-order valence-electron chi connectivity index (χ0n) is 14.3. The minimum Gasteiger partial charge on any atom is -0.478 e. The highest BCUT2D eigenvalue weighted by molar-refractivity contribution is 5.91. The van der Waals surface area contributed by atoms with Crippen LogP contribution in [0.15, 0.2) is 36.5 Å². The molecule has 1 saturated heterocycles. The third kappa shape index (κ3) is 3.52. The van der Waals surface area contributed by atoms with Crippen LogP contribution in [0, 0.1) is 0 Å². The first-order chi connectivity index (χ1) is 12.4. The van der Waals surface area contributed by atoms with Crippen molar-refractivity contribution >= 4 is 28.6 Å². The molecule has 0 unspecified atom stereocenters. The third-order valence-electron chi connectivity index (χ3n) is 4.92. The van der Waals surface area contributed by atoms with Gasteiger partial charge in [-0.05, 0) is 30.7 Å². The van der Waals surface area contributed by atoms with Crippen molar-refractivity contribution in [1.82, 2.24) is 9.88 Å². The molecule has 1 aromatic heterocycles. The van der Waals surface area contributed by atoms with Crippen molar-refractivity contribution in [3.05, 3.63) is 47.7 Å². The Labute approximate surface area is 149 Å². The summed E-state index contributed by atoms with van der Waals surface area (Å²) < 4.78 is 0. The number of H-pyrrole nitrogens is 1. The largest absolute Gasteiger partial charge is 0.478 e. The number of aromatic nitrogens is 1. The molecule has 1 aromatic carbocycles. The van der Waals surface area contributed by atoms with E-state index >= 15 is 0 Å². The van der Waals surface area contributed by atoms with Crippen LogP contribution in [0.2, 0.25) is 0 Å². The minimum atomic E-state index is -1.26. The van der Waals surface area contributed by atoms with Crippen LogP contribution in [0.25, 0.3) is 10.9 Å². The van der Waals surface area contributed by atoms with E-state index in [0.29, 0.717) is 42.9 Å². The molecule has 2 atom stereocenters. The maximum atomic E-state index is 11.8. The van der Waals surface area contributed by atoms with E-state index in [1.54, 1.807) is 0 Å². The first kappa shape index (κ1) is 17.9. The van der Waals surface area contributed by atoms with E-state index in [4.69, 9.17) is 10.2 Å². The van der Waals surface area contributed by atoms with Crippen LogP contribution in [-0.2, 0) is 20.8 Å². The number of nitrogens with zero attached hydrogens (tertiary/aromatic N) is 1. The standard InChI is InChI=1S/C15H16N2O.C4H4O4/c1-17-8-10(18)6-12-11-3-2-4-13-15(11)9(7-16-13)5-14(12)17;5-3(6)1-2-4(7)8/h2-4,7,12,14,16H,5-6,8H2,1H3;1-2H,(H,5,6)(H,7,8)/b;2-1-/t12-,14-;/m1./s1. The van der Waals surface area contributed by atoms with Crippen LogP contribution in [0.3, 0.4) is 0 Å². The summed E-state index contributed by atoms with van der Waals surface area (Å²) in [6.45, 7) is 0.608. The van der Waals surface area contributed by atoms with E-state index < -0.39 is 11.9 Å². The number of aliphatic carboxylic acids is 2. The number of carboxylic acids is 2. The van der Waals surface area contributed by atoms with Gasteiger partial charge in [-0.25, -0.2) is 9.59 Å². The fourth-order valence-electron chi connectivity index (χ4n) is 3.89. The molecule has 2 aliphatic rings. The van der Waals surface area contributed by atoms with Crippen molar-refractivity contribution in [3.8, 4) is 0 Å². The lowest BCUT2D eigenvalue weighted by molar-refractivity contribution is -0.134. The van der Waals surface area contributed by atoms with E-state index in [0.717, 1.165) is 6.42 Å². The smallest absolute Gasteiger partial charge is 0.328 e. The number of carbonyl (C=O) groups excluding carboxylic acids is 1. The number of fused-ring (bicyclic) bond motifs is 2. The summed E-state index contributed by atoms with van der Waals surface area (Å²) in [6, 6.07) is 6.90. The number of likely N-dealkylation sites (tertiary alicyclic amines) is 1. The Hall–Kier alpha value is -2.93. The summed E-state index contributed by atoms with van der Waals surface area (Å²) >= 11 is 0. The summed E-state index contributed by atoms with van der Waals surface area (Å²) in [6.07, 6.45) is 5.02. The Morgan fingerprint density at radius 2 is 1.88 bits per heavy atom. The zero-order valence-corrected chi connectivity index (χ0v) is 14.3. The average molecular weight is 356 g/mol. The van der Waals surface area contributed by atoms with Gasteiger partial charge in [-0.15, -0.1) is 0 Å². The van der Waals surface area contributed by atoms with Crippen LogP contribution < -0.4 is 0 Å². The van der Waals surface area contributed by atoms with Gasteiger partial charge in [0.2, 0.25) is 0 Å². The Morgan fingerprint density at radius 3 is 2.54 bits per heavy atom. The van der Waals surface area contributed by atoms with Gasteiger partial charge in [-0.2, -0.15) is 0 Å². The van der Waals surface area contributed by atoms with Crippen molar-refractivity contribution in [2.75, 3.05) is 13.6 Å². The second kappa shape index (κ2) is 7.13. The van der Waals surface area contributed by atoms with E-state index in [1.807, 2.05) is 0 Å². The second-order valence-electron chi connectivity index (χ2n) is 6.63. The summed E-state index contributed by atoms with van der Waals surface area (Å²) in [5.41, 5.74) is 3.98. The van der Waals surface area contributed by atoms with Crippen molar-refractivity contribution in [3.63, 3.8) is 0 Å². The molecule has 7 nitrogen and oxygen atoms in total. The molecule has 0 bridgehead atoms. The number of hydrogen-bond donors (Lipinski definition) is 3. The van der Waals surface area contributed by atoms with Crippen LogP contribution in [0.5, 0.6) is 0 Å². The van der Waals surface area contributed by atoms with E-state index in [1.165, 1.54) is 22.0 Å². The Balaban J connectivity index is 0.000000211. The van der Waals surface area contributed by atoms with Crippen molar-refractivity contribution in [2.45, 2.75) is 24.8 Å². The van der Waals surface area contributed by atoms with Crippen LogP contribution >= 0.6 is 0 Å². The molecule has 2 heterocycles. The van der Waals surface area contributed by atoms with Crippen LogP contribution in [-0.4, -0.2) is 57.5 Å². The number of ketones is 1. The van der Waals surface area contributed by atoms with Crippen molar-refractivity contribution < 1.29 is 24.6 Å². The molecular formula is C19H20N2O5. The topological polar surface area (TPSA) is 111 Å². The lowest BCUT2D eigenvalue weighted by Gasteiger charge is -2.41. The lowest BCUT2D eigenvalue weighted by atomic mass is 9.75. The molecular weight excluding hydrogens is 336 g/mol. The second-order valence-corrected chi connectivity index (χ2v) is 6.63. The number of Topliss-reactive ketones (excluding diaryl/α,β-unsaturated/α-hetero) is 1. The molecule has 0 spiro atoms. The highest BCUT2D eigenvalue weighted by Gasteiger charge is 2.38. The predicted octanol–water partition coefficient (Wildman–Crippen LogP) is 1.79. The third-order valence-corrected chi connectivity index (χ3v) is 4.92. The maximum absolute atomic E-state index is 11.8. The number of aromatic amines is 1. The molecule has 1 aliphatic carbocycles. The normalized spacial score (nSPS) is 22.0. The molecule has 4 rings (SSSR count). The van der Waals surface area contributed by atoms with Crippen LogP contribution in [0.4, 0.5) is 0 Å². The predicted molar refractivity (Wildman–Crippen MR) is 95.2 cm³/mol. The van der Waals surface area contributed by atoms with Gasteiger partial charge in [0.1, 0.15) is 5.78 Å². The van der Waals surface area contributed by atoms with Crippen molar-refractivity contribution in [2.24, 2.45) is 0 Å². The molecule has 0 radical (unpaired) electrons. The number of benzene rings is 1.